The van der Waals surface area contributed by atoms with Crippen molar-refractivity contribution in [2.24, 2.45) is 0 Å². The van der Waals surface area contributed by atoms with Gasteiger partial charge in [-0.15, -0.1) is 0 Å². The maximum atomic E-state index is 13.0. The molecule has 0 aliphatic rings. The standard InChI is InChI=1S/C16H17FN2O4S/c17-14-6-8-15(9-7-14)24(22,23)19(11-10-16(20)18-21)12-13-4-2-1-3-5-13/h1-9,21H,10-12H2,(H,18,20). The van der Waals surface area contributed by atoms with Crippen molar-refractivity contribution < 1.29 is 22.8 Å². The highest BCUT2D eigenvalue weighted by molar-refractivity contribution is 7.89. The zero-order valence-corrected chi connectivity index (χ0v) is 13.5. The summed E-state index contributed by atoms with van der Waals surface area (Å²) in [6.45, 7) is -0.0692. The van der Waals surface area contributed by atoms with Crippen LogP contribution in [-0.2, 0) is 21.4 Å². The third-order valence-corrected chi connectivity index (χ3v) is 5.23. The molecular formula is C16H17FN2O4S. The Morgan fingerprint density at radius 2 is 1.71 bits per heavy atom. The number of sulfonamides is 1. The Bertz CT molecular complexity index is 779. The Balaban J connectivity index is 2.29. The molecule has 2 aromatic rings. The summed E-state index contributed by atoms with van der Waals surface area (Å²) < 4.78 is 39.7. The Morgan fingerprint density at radius 1 is 1.08 bits per heavy atom. The normalized spacial score (nSPS) is 11.5. The molecule has 128 valence electrons. The van der Waals surface area contributed by atoms with Crippen LogP contribution < -0.4 is 5.48 Å². The molecule has 0 aliphatic heterocycles. The van der Waals surface area contributed by atoms with Crippen LogP contribution in [-0.4, -0.2) is 30.4 Å². The lowest BCUT2D eigenvalue weighted by molar-refractivity contribution is -0.129. The van der Waals surface area contributed by atoms with E-state index in [1.54, 1.807) is 24.3 Å². The van der Waals surface area contributed by atoms with Crippen molar-refractivity contribution in [3.05, 3.63) is 66.0 Å². The van der Waals surface area contributed by atoms with Gasteiger partial charge < -0.3 is 0 Å². The summed E-state index contributed by atoms with van der Waals surface area (Å²) in [5.41, 5.74) is 2.22. The van der Waals surface area contributed by atoms with E-state index in [2.05, 4.69) is 0 Å². The van der Waals surface area contributed by atoms with Gasteiger partial charge in [-0.2, -0.15) is 4.31 Å². The predicted molar refractivity (Wildman–Crippen MR) is 85.0 cm³/mol. The highest BCUT2D eigenvalue weighted by Crippen LogP contribution is 2.19. The van der Waals surface area contributed by atoms with Crippen LogP contribution in [0.3, 0.4) is 0 Å². The summed E-state index contributed by atoms with van der Waals surface area (Å²) in [6.07, 6.45) is -0.205. The first-order valence-corrected chi connectivity index (χ1v) is 8.60. The van der Waals surface area contributed by atoms with Gasteiger partial charge in [-0.05, 0) is 29.8 Å². The fourth-order valence-corrected chi connectivity index (χ4v) is 3.54. The summed E-state index contributed by atoms with van der Waals surface area (Å²) in [6, 6.07) is 13.4. The third-order valence-electron chi connectivity index (χ3n) is 3.37. The summed E-state index contributed by atoms with van der Waals surface area (Å²) in [7, 11) is -3.91. The van der Waals surface area contributed by atoms with Gasteiger partial charge in [-0.1, -0.05) is 30.3 Å². The Morgan fingerprint density at radius 3 is 2.29 bits per heavy atom. The highest BCUT2D eigenvalue weighted by atomic mass is 32.2. The lowest BCUT2D eigenvalue weighted by Crippen LogP contribution is -2.34. The van der Waals surface area contributed by atoms with Gasteiger partial charge in [0.2, 0.25) is 15.9 Å². The minimum Gasteiger partial charge on any atom is -0.289 e. The smallest absolute Gasteiger partial charge is 0.244 e. The Hall–Kier alpha value is -2.29. The molecule has 2 rings (SSSR count). The molecule has 2 aromatic carbocycles. The minimum absolute atomic E-state index is 0.0548. The molecule has 0 fully saturated rings. The van der Waals surface area contributed by atoms with E-state index in [4.69, 9.17) is 5.21 Å². The van der Waals surface area contributed by atoms with Gasteiger partial charge in [0.15, 0.2) is 0 Å². The zero-order valence-electron chi connectivity index (χ0n) is 12.7. The number of carbonyl (C=O) groups excluding carboxylic acids is 1. The van der Waals surface area contributed by atoms with Crippen LogP contribution in [0.4, 0.5) is 4.39 Å². The molecule has 24 heavy (non-hydrogen) atoms. The first kappa shape index (κ1) is 18.1. The van der Waals surface area contributed by atoms with Crippen LogP contribution in [0.1, 0.15) is 12.0 Å². The summed E-state index contributed by atoms with van der Waals surface area (Å²) in [5.74, 6) is -1.23. The molecule has 0 saturated carbocycles. The van der Waals surface area contributed by atoms with E-state index in [-0.39, 0.29) is 24.4 Å². The lowest BCUT2D eigenvalue weighted by atomic mass is 10.2. The summed E-state index contributed by atoms with van der Waals surface area (Å²) >= 11 is 0. The Kier molecular flexibility index (Phi) is 6.02. The number of rotatable bonds is 7. The van der Waals surface area contributed by atoms with Gasteiger partial charge in [0, 0.05) is 19.5 Å². The molecule has 0 aliphatic carbocycles. The molecule has 0 aromatic heterocycles. The van der Waals surface area contributed by atoms with Crippen molar-refractivity contribution in [1.82, 2.24) is 9.79 Å². The first-order chi connectivity index (χ1) is 11.4. The van der Waals surface area contributed by atoms with Crippen LogP contribution in [0.25, 0.3) is 0 Å². The molecule has 0 bridgehead atoms. The predicted octanol–water partition coefficient (Wildman–Crippen LogP) is 1.91. The number of hydrogen-bond donors (Lipinski definition) is 2. The van der Waals surface area contributed by atoms with E-state index in [0.29, 0.717) is 0 Å². The van der Waals surface area contributed by atoms with Gasteiger partial charge in [-0.3, -0.25) is 10.0 Å². The van der Waals surface area contributed by atoms with Crippen molar-refractivity contribution in [3.63, 3.8) is 0 Å². The van der Waals surface area contributed by atoms with Crippen molar-refractivity contribution in [1.29, 1.82) is 0 Å². The fourth-order valence-electron chi connectivity index (χ4n) is 2.11. The first-order valence-electron chi connectivity index (χ1n) is 7.16. The second-order valence-electron chi connectivity index (χ2n) is 5.06. The molecule has 0 heterocycles. The van der Waals surface area contributed by atoms with Crippen LogP contribution in [0.15, 0.2) is 59.5 Å². The van der Waals surface area contributed by atoms with Crippen LogP contribution in [0.2, 0.25) is 0 Å². The SMILES string of the molecule is O=C(CCN(Cc1ccccc1)S(=O)(=O)c1ccc(F)cc1)NO. The number of benzene rings is 2. The molecule has 0 radical (unpaired) electrons. The monoisotopic (exact) mass is 352 g/mol. The molecule has 6 nitrogen and oxygen atoms in total. The molecule has 0 atom stereocenters. The number of nitrogens with one attached hydrogen (secondary N) is 1. The number of hydroxylamine groups is 1. The van der Waals surface area contributed by atoms with Gasteiger partial charge in [0.1, 0.15) is 5.82 Å². The van der Waals surface area contributed by atoms with E-state index >= 15 is 0 Å². The van der Waals surface area contributed by atoms with E-state index in [1.807, 2.05) is 6.07 Å². The van der Waals surface area contributed by atoms with Crippen LogP contribution in [0.5, 0.6) is 0 Å². The summed E-state index contributed by atoms with van der Waals surface area (Å²) in [5, 5.41) is 8.58. The largest absolute Gasteiger partial charge is 0.289 e. The lowest BCUT2D eigenvalue weighted by Gasteiger charge is -2.22. The maximum Gasteiger partial charge on any atom is 0.244 e. The fraction of sp³-hybridized carbons (Fsp3) is 0.188. The second kappa shape index (κ2) is 8.00. The second-order valence-corrected chi connectivity index (χ2v) is 7.00. The molecule has 2 N–H and O–H groups in total. The van der Waals surface area contributed by atoms with Crippen molar-refractivity contribution in [2.75, 3.05) is 6.54 Å². The quantitative estimate of drug-likeness (QED) is 0.589. The number of carbonyl (C=O) groups is 1. The Labute approximate surface area is 139 Å². The average molecular weight is 352 g/mol. The van der Waals surface area contributed by atoms with Crippen molar-refractivity contribution >= 4 is 15.9 Å². The van der Waals surface area contributed by atoms with Crippen LogP contribution in [0, 0.1) is 5.82 Å². The molecule has 0 spiro atoms. The van der Waals surface area contributed by atoms with E-state index < -0.39 is 21.7 Å². The van der Waals surface area contributed by atoms with Gasteiger partial charge in [-0.25, -0.2) is 18.3 Å². The number of nitrogens with zero attached hydrogens (tertiary/aromatic N) is 1. The molecule has 8 heteroatoms. The van der Waals surface area contributed by atoms with Crippen molar-refractivity contribution in [3.8, 4) is 0 Å². The minimum atomic E-state index is -3.91. The summed E-state index contributed by atoms with van der Waals surface area (Å²) in [4.78, 5) is 11.2. The number of halogens is 1. The van der Waals surface area contributed by atoms with Crippen molar-refractivity contribution in [2.45, 2.75) is 17.9 Å². The highest BCUT2D eigenvalue weighted by Gasteiger charge is 2.25. The van der Waals surface area contributed by atoms with Gasteiger partial charge in [0.25, 0.3) is 0 Å². The topological polar surface area (TPSA) is 86.7 Å². The molecular weight excluding hydrogens is 335 g/mol. The van der Waals surface area contributed by atoms with Crippen LogP contribution >= 0.6 is 0 Å². The van der Waals surface area contributed by atoms with Gasteiger partial charge in [0.05, 0.1) is 4.90 Å². The average Bonchev–Trinajstić information content (AvgIpc) is 2.59. The number of amides is 1. The van der Waals surface area contributed by atoms with Gasteiger partial charge >= 0.3 is 0 Å². The van der Waals surface area contributed by atoms with E-state index in [0.717, 1.165) is 22.0 Å². The van der Waals surface area contributed by atoms with E-state index in [9.17, 15) is 17.6 Å². The zero-order chi connectivity index (χ0) is 17.6. The molecule has 1 amide bonds. The third kappa shape index (κ3) is 4.60. The maximum absolute atomic E-state index is 13.0. The number of hydrogen-bond acceptors (Lipinski definition) is 4. The van der Waals surface area contributed by atoms with E-state index in [1.165, 1.54) is 17.6 Å². The molecule has 0 saturated heterocycles. The molecule has 0 unspecified atom stereocenters.